The second-order valence-electron chi connectivity index (χ2n) is 4.16. The molecule has 0 aliphatic heterocycles. The molecule has 1 unspecified atom stereocenters. The van der Waals surface area contributed by atoms with E-state index in [2.05, 4.69) is 21.2 Å². The molecule has 0 heterocycles. The van der Waals surface area contributed by atoms with Crippen molar-refractivity contribution in [3.05, 3.63) is 28.2 Å². The first kappa shape index (κ1) is 15.5. The normalized spacial score (nSPS) is 11.5. The molecule has 19 heavy (non-hydrogen) atoms. The number of rotatable bonds is 6. The van der Waals surface area contributed by atoms with Gasteiger partial charge in [-0.3, -0.25) is 4.79 Å². The van der Waals surface area contributed by atoms with Crippen LogP contribution in [0, 0.1) is 11.3 Å². The molecule has 102 valence electrons. The molecule has 0 radical (unpaired) electrons. The van der Waals surface area contributed by atoms with Gasteiger partial charge in [0.15, 0.2) is 6.61 Å². The van der Waals surface area contributed by atoms with Gasteiger partial charge >= 0.3 is 0 Å². The third-order valence-electron chi connectivity index (χ3n) is 2.29. The van der Waals surface area contributed by atoms with E-state index in [1.807, 2.05) is 25.1 Å². The average molecular weight is 326 g/mol. The van der Waals surface area contributed by atoms with Crippen LogP contribution in [0.15, 0.2) is 22.7 Å². The quantitative estimate of drug-likeness (QED) is 0.773. The van der Waals surface area contributed by atoms with Crippen LogP contribution < -0.4 is 15.8 Å². The lowest BCUT2D eigenvalue weighted by molar-refractivity contribution is -0.122. The molecule has 1 atom stereocenters. The third-order valence-corrected chi connectivity index (χ3v) is 2.78. The Bertz CT molecular complexity index is 483. The summed E-state index contributed by atoms with van der Waals surface area (Å²) in [5, 5.41) is 10.8. The number of carbonyl (C=O) groups is 1. The van der Waals surface area contributed by atoms with E-state index < -0.39 is 0 Å². The highest BCUT2D eigenvalue weighted by Crippen LogP contribution is 2.24. The molecule has 0 saturated heterocycles. The van der Waals surface area contributed by atoms with Crippen molar-refractivity contribution in [2.75, 3.05) is 13.2 Å². The van der Waals surface area contributed by atoms with Crippen molar-refractivity contribution in [3.8, 4) is 11.8 Å². The van der Waals surface area contributed by atoms with Crippen molar-refractivity contribution in [2.45, 2.75) is 19.4 Å². The number of carbonyl (C=O) groups excluding carboxylic acids is 1. The van der Waals surface area contributed by atoms with E-state index in [4.69, 9.17) is 15.7 Å². The standard InChI is InChI=1S/C13H16BrN3O2/c1-9(16)6-10-7-11(14)2-3-12(10)19-8-13(18)17-5-4-15/h2-3,7,9H,5-6,8,16H2,1H3,(H,17,18). The fourth-order valence-corrected chi connectivity index (χ4v) is 1.94. The van der Waals surface area contributed by atoms with E-state index in [9.17, 15) is 4.79 Å². The minimum atomic E-state index is -0.323. The summed E-state index contributed by atoms with van der Waals surface area (Å²) in [6, 6.07) is 7.39. The molecule has 6 heteroatoms. The van der Waals surface area contributed by atoms with E-state index in [0.717, 1.165) is 10.0 Å². The number of amides is 1. The summed E-state index contributed by atoms with van der Waals surface area (Å²) in [6.45, 7) is 1.77. The van der Waals surface area contributed by atoms with Gasteiger partial charge in [0.05, 0.1) is 6.07 Å². The van der Waals surface area contributed by atoms with Gasteiger partial charge in [-0.1, -0.05) is 15.9 Å². The Labute approximate surface area is 120 Å². The van der Waals surface area contributed by atoms with Crippen LogP contribution in [0.4, 0.5) is 0 Å². The fourth-order valence-electron chi connectivity index (χ4n) is 1.53. The van der Waals surface area contributed by atoms with Crippen LogP contribution in [0.5, 0.6) is 5.75 Å². The van der Waals surface area contributed by atoms with Gasteiger partial charge in [0.1, 0.15) is 12.3 Å². The zero-order valence-electron chi connectivity index (χ0n) is 10.6. The summed E-state index contributed by atoms with van der Waals surface area (Å²) in [7, 11) is 0. The fraction of sp³-hybridized carbons (Fsp3) is 0.385. The molecular weight excluding hydrogens is 310 g/mol. The molecule has 0 aliphatic rings. The Hall–Kier alpha value is -1.58. The zero-order valence-corrected chi connectivity index (χ0v) is 12.2. The summed E-state index contributed by atoms with van der Waals surface area (Å²) in [5.41, 5.74) is 6.72. The van der Waals surface area contributed by atoms with E-state index in [-0.39, 0.29) is 25.1 Å². The number of nitrogens with one attached hydrogen (secondary N) is 1. The molecule has 0 aliphatic carbocycles. The number of halogens is 1. The third kappa shape index (κ3) is 5.73. The van der Waals surface area contributed by atoms with Crippen molar-refractivity contribution in [1.82, 2.24) is 5.32 Å². The van der Waals surface area contributed by atoms with Gasteiger partial charge < -0.3 is 15.8 Å². The lowest BCUT2D eigenvalue weighted by Gasteiger charge is -2.13. The molecular formula is C13H16BrN3O2. The summed E-state index contributed by atoms with van der Waals surface area (Å²) in [6.07, 6.45) is 0.661. The molecule has 0 spiro atoms. The first-order valence-electron chi connectivity index (χ1n) is 5.83. The first-order chi connectivity index (χ1) is 9.02. The number of nitrogens with zero attached hydrogens (tertiary/aromatic N) is 1. The lowest BCUT2D eigenvalue weighted by atomic mass is 10.1. The number of hydrogen-bond acceptors (Lipinski definition) is 4. The molecule has 0 aromatic heterocycles. The van der Waals surface area contributed by atoms with Crippen molar-refractivity contribution in [3.63, 3.8) is 0 Å². The van der Waals surface area contributed by atoms with Gasteiger partial charge in [-0.2, -0.15) is 5.26 Å². The Kier molecular flexibility index (Phi) is 6.33. The van der Waals surface area contributed by atoms with E-state index in [0.29, 0.717) is 12.2 Å². The predicted molar refractivity (Wildman–Crippen MR) is 75.6 cm³/mol. The molecule has 1 amide bonds. The molecule has 0 fully saturated rings. The van der Waals surface area contributed by atoms with Crippen LogP contribution in [0.25, 0.3) is 0 Å². The summed E-state index contributed by atoms with van der Waals surface area (Å²) in [5.74, 6) is 0.309. The van der Waals surface area contributed by atoms with Crippen LogP contribution in [0.2, 0.25) is 0 Å². The maximum Gasteiger partial charge on any atom is 0.258 e. The van der Waals surface area contributed by atoms with Gasteiger partial charge in [-0.05, 0) is 37.1 Å². The Morgan fingerprint density at radius 1 is 1.63 bits per heavy atom. The van der Waals surface area contributed by atoms with Gasteiger partial charge in [0, 0.05) is 10.5 Å². The number of hydrogen-bond donors (Lipinski definition) is 2. The highest BCUT2D eigenvalue weighted by atomic mass is 79.9. The first-order valence-corrected chi connectivity index (χ1v) is 6.62. The molecule has 0 saturated carbocycles. The minimum Gasteiger partial charge on any atom is -0.483 e. The molecule has 0 bridgehead atoms. The summed E-state index contributed by atoms with van der Waals surface area (Å²) in [4.78, 5) is 11.4. The number of ether oxygens (including phenoxy) is 1. The molecule has 1 aromatic rings. The lowest BCUT2D eigenvalue weighted by Crippen LogP contribution is -2.29. The smallest absolute Gasteiger partial charge is 0.258 e. The van der Waals surface area contributed by atoms with Crippen LogP contribution in [0.1, 0.15) is 12.5 Å². The van der Waals surface area contributed by atoms with Crippen LogP contribution in [0.3, 0.4) is 0 Å². The highest BCUT2D eigenvalue weighted by Gasteiger charge is 2.09. The molecule has 5 nitrogen and oxygen atoms in total. The predicted octanol–water partition coefficient (Wildman–Crippen LogP) is 1.36. The van der Waals surface area contributed by atoms with Crippen molar-refractivity contribution in [2.24, 2.45) is 5.73 Å². The van der Waals surface area contributed by atoms with E-state index in [1.54, 1.807) is 6.07 Å². The van der Waals surface area contributed by atoms with E-state index >= 15 is 0 Å². The number of benzene rings is 1. The molecule has 1 rings (SSSR count). The summed E-state index contributed by atoms with van der Waals surface area (Å²) < 4.78 is 6.39. The molecule has 3 N–H and O–H groups in total. The maximum absolute atomic E-state index is 11.4. The Morgan fingerprint density at radius 3 is 3.00 bits per heavy atom. The van der Waals surface area contributed by atoms with Crippen LogP contribution >= 0.6 is 15.9 Å². The van der Waals surface area contributed by atoms with Gasteiger partial charge in [0.25, 0.3) is 5.91 Å². The van der Waals surface area contributed by atoms with Crippen LogP contribution in [-0.2, 0) is 11.2 Å². The van der Waals surface area contributed by atoms with Crippen molar-refractivity contribution >= 4 is 21.8 Å². The zero-order chi connectivity index (χ0) is 14.3. The van der Waals surface area contributed by atoms with Gasteiger partial charge in [0.2, 0.25) is 0 Å². The van der Waals surface area contributed by atoms with Crippen molar-refractivity contribution in [1.29, 1.82) is 5.26 Å². The van der Waals surface area contributed by atoms with E-state index in [1.165, 1.54) is 0 Å². The number of nitriles is 1. The SMILES string of the molecule is CC(N)Cc1cc(Br)ccc1OCC(=O)NCC#N. The van der Waals surface area contributed by atoms with Gasteiger partial charge in [-0.25, -0.2) is 0 Å². The average Bonchev–Trinajstić information content (AvgIpc) is 2.34. The topological polar surface area (TPSA) is 88.1 Å². The van der Waals surface area contributed by atoms with Gasteiger partial charge in [-0.15, -0.1) is 0 Å². The summed E-state index contributed by atoms with van der Waals surface area (Å²) >= 11 is 3.39. The Balaban J connectivity index is 2.67. The second kappa shape index (κ2) is 7.77. The van der Waals surface area contributed by atoms with Crippen LogP contribution in [-0.4, -0.2) is 25.1 Å². The number of nitrogens with two attached hydrogens (primary N) is 1. The maximum atomic E-state index is 11.4. The largest absolute Gasteiger partial charge is 0.483 e. The minimum absolute atomic E-state index is 0.00376. The Morgan fingerprint density at radius 2 is 2.37 bits per heavy atom. The van der Waals surface area contributed by atoms with Crippen molar-refractivity contribution < 1.29 is 9.53 Å². The molecule has 1 aromatic carbocycles. The second-order valence-corrected chi connectivity index (χ2v) is 5.07. The monoisotopic (exact) mass is 325 g/mol. The highest BCUT2D eigenvalue weighted by molar-refractivity contribution is 9.10.